The van der Waals surface area contributed by atoms with Crippen LogP contribution in [0.4, 0.5) is 0 Å². The molecule has 0 radical (unpaired) electrons. The second-order valence-electron chi connectivity index (χ2n) is 11.7. The highest BCUT2D eigenvalue weighted by Crippen LogP contribution is 2.46. The molecule has 0 unspecified atom stereocenters. The van der Waals surface area contributed by atoms with E-state index in [0.717, 1.165) is 0 Å². The van der Waals surface area contributed by atoms with Crippen molar-refractivity contribution in [1.29, 1.82) is 0 Å². The van der Waals surface area contributed by atoms with Crippen molar-refractivity contribution in [3.8, 4) is 33.4 Å². The van der Waals surface area contributed by atoms with Gasteiger partial charge in [0.1, 0.15) is 0 Å². The van der Waals surface area contributed by atoms with Crippen molar-refractivity contribution >= 4 is 45.6 Å². The van der Waals surface area contributed by atoms with Gasteiger partial charge in [0.2, 0.25) is 0 Å². The summed E-state index contributed by atoms with van der Waals surface area (Å²) >= 11 is 0. The first kappa shape index (κ1) is 25.1. The Balaban J connectivity index is 1.55. The molecular weight excluding hydrogens is 547 g/mol. The Hall–Kier alpha value is -5.44. The van der Waals surface area contributed by atoms with Crippen molar-refractivity contribution in [3.05, 3.63) is 176 Å². The zero-order valence-electron chi connectivity index (χ0n) is 24.2. The molecule has 1 aromatic heterocycles. The lowest BCUT2D eigenvalue weighted by Gasteiger charge is -2.41. The standard InChI is InChI=1S/C42H29NSi/c1-5-15-30(16-6-1)32-25-26-36-37-28-27-35(31-17-7-2-8-18-31)41-38-23-13-14-24-40(38)44(33-19-9-3-10-20-33,34-21-11-4-12-22-34)43(42(37)41)39(36)29-32/h1-29H. The smallest absolute Gasteiger partial charge is 0.258 e. The van der Waals surface area contributed by atoms with Crippen LogP contribution in [0, 0.1) is 0 Å². The first-order valence-corrected chi connectivity index (χ1v) is 17.2. The van der Waals surface area contributed by atoms with Gasteiger partial charge in [0.15, 0.2) is 0 Å². The molecule has 44 heavy (non-hydrogen) atoms. The van der Waals surface area contributed by atoms with E-state index in [1.807, 2.05) is 0 Å². The van der Waals surface area contributed by atoms with E-state index in [9.17, 15) is 0 Å². The minimum atomic E-state index is -2.85. The number of benzene rings is 7. The van der Waals surface area contributed by atoms with Gasteiger partial charge in [0.25, 0.3) is 8.24 Å². The van der Waals surface area contributed by atoms with Crippen LogP contribution in [-0.4, -0.2) is 12.5 Å². The molecule has 0 aliphatic carbocycles. The maximum Gasteiger partial charge on any atom is 0.258 e. The maximum absolute atomic E-state index is 2.85. The predicted octanol–water partition coefficient (Wildman–Crippen LogP) is 8.62. The Kier molecular flexibility index (Phi) is 5.59. The highest BCUT2D eigenvalue weighted by atomic mass is 28.3. The molecule has 206 valence electrons. The van der Waals surface area contributed by atoms with E-state index in [0.29, 0.717) is 0 Å². The van der Waals surface area contributed by atoms with Gasteiger partial charge < -0.3 is 4.23 Å². The molecular formula is C42H29NSi. The van der Waals surface area contributed by atoms with Gasteiger partial charge in [-0.05, 0) is 49.4 Å². The highest BCUT2D eigenvalue weighted by molar-refractivity contribution is 7.12. The summed E-state index contributed by atoms with van der Waals surface area (Å²) in [6.45, 7) is 0. The van der Waals surface area contributed by atoms with Gasteiger partial charge in [-0.25, -0.2) is 0 Å². The Bertz CT molecular complexity index is 2260. The summed E-state index contributed by atoms with van der Waals surface area (Å²) in [5.41, 5.74) is 10.3. The monoisotopic (exact) mass is 575 g/mol. The highest BCUT2D eigenvalue weighted by Gasteiger charge is 2.48. The minimum absolute atomic E-state index is 1.24. The van der Waals surface area contributed by atoms with E-state index in [-0.39, 0.29) is 0 Å². The summed E-state index contributed by atoms with van der Waals surface area (Å²) in [6.07, 6.45) is 0. The van der Waals surface area contributed by atoms with Crippen molar-refractivity contribution in [2.24, 2.45) is 0 Å². The normalized spacial score (nSPS) is 13.2. The summed E-state index contributed by atoms with van der Waals surface area (Å²) in [6, 6.07) is 65.3. The first-order chi connectivity index (χ1) is 21.9. The minimum Gasteiger partial charge on any atom is -0.355 e. The van der Waals surface area contributed by atoms with Crippen LogP contribution in [0.1, 0.15) is 0 Å². The molecule has 9 rings (SSSR count). The summed E-state index contributed by atoms with van der Waals surface area (Å²) in [5, 5.41) is 6.82. The van der Waals surface area contributed by atoms with Gasteiger partial charge in [-0.3, -0.25) is 0 Å². The molecule has 8 aromatic rings. The molecule has 0 fully saturated rings. The lowest BCUT2D eigenvalue weighted by molar-refractivity contribution is 1.29. The van der Waals surface area contributed by atoms with Gasteiger partial charge in [-0.2, -0.15) is 0 Å². The Morgan fingerprint density at radius 2 is 0.932 bits per heavy atom. The largest absolute Gasteiger partial charge is 0.355 e. The van der Waals surface area contributed by atoms with Crippen LogP contribution in [0.15, 0.2) is 176 Å². The topological polar surface area (TPSA) is 4.93 Å². The van der Waals surface area contributed by atoms with Gasteiger partial charge >= 0.3 is 0 Å². The molecule has 1 aliphatic rings. The Morgan fingerprint density at radius 1 is 0.386 bits per heavy atom. The van der Waals surface area contributed by atoms with E-state index in [1.54, 1.807) is 0 Å². The van der Waals surface area contributed by atoms with Crippen molar-refractivity contribution in [2.75, 3.05) is 0 Å². The molecule has 0 saturated carbocycles. The molecule has 0 amide bonds. The molecule has 0 bridgehead atoms. The fourth-order valence-corrected chi connectivity index (χ4v) is 12.7. The van der Waals surface area contributed by atoms with E-state index in [2.05, 4.69) is 180 Å². The van der Waals surface area contributed by atoms with Crippen molar-refractivity contribution < 1.29 is 0 Å². The Labute approximate surface area is 258 Å². The molecule has 2 heteroatoms. The number of nitrogens with zero attached hydrogens (tertiary/aromatic N) is 1. The fourth-order valence-electron chi connectivity index (χ4n) is 7.63. The van der Waals surface area contributed by atoms with Crippen LogP contribution >= 0.6 is 0 Å². The molecule has 7 aromatic carbocycles. The second-order valence-corrected chi connectivity index (χ2v) is 15.2. The molecule has 2 heterocycles. The van der Waals surface area contributed by atoms with Crippen LogP contribution < -0.4 is 15.6 Å². The van der Waals surface area contributed by atoms with E-state index in [4.69, 9.17) is 0 Å². The summed E-state index contributed by atoms with van der Waals surface area (Å²) in [5.74, 6) is 0. The third kappa shape index (κ3) is 3.46. The predicted molar refractivity (Wildman–Crippen MR) is 189 cm³/mol. The number of fused-ring (bicyclic) bond motifs is 5. The summed E-state index contributed by atoms with van der Waals surface area (Å²) in [7, 11) is -2.85. The second kappa shape index (κ2) is 9.80. The quantitative estimate of drug-likeness (QED) is 0.185. The number of hydrogen-bond donors (Lipinski definition) is 0. The molecule has 0 spiro atoms. The molecule has 1 nitrogen and oxygen atoms in total. The molecule has 0 N–H and O–H groups in total. The number of aromatic nitrogens is 1. The Morgan fingerprint density at radius 3 is 1.59 bits per heavy atom. The van der Waals surface area contributed by atoms with Crippen LogP contribution in [-0.2, 0) is 0 Å². The third-order valence-electron chi connectivity index (χ3n) is 9.43. The van der Waals surface area contributed by atoms with E-state index >= 15 is 0 Å². The maximum atomic E-state index is 2.80. The summed E-state index contributed by atoms with van der Waals surface area (Å²) < 4.78 is 2.80. The third-order valence-corrected chi connectivity index (χ3v) is 14.1. The number of rotatable bonds is 4. The van der Waals surface area contributed by atoms with E-state index in [1.165, 1.54) is 70.7 Å². The first-order valence-electron chi connectivity index (χ1n) is 15.3. The van der Waals surface area contributed by atoms with Gasteiger partial charge in [-0.1, -0.05) is 170 Å². The fraction of sp³-hybridized carbons (Fsp3) is 0. The van der Waals surface area contributed by atoms with Gasteiger partial charge in [-0.15, -0.1) is 0 Å². The van der Waals surface area contributed by atoms with Crippen molar-refractivity contribution in [2.45, 2.75) is 0 Å². The molecule has 0 atom stereocenters. The summed E-state index contributed by atoms with van der Waals surface area (Å²) in [4.78, 5) is 0. The van der Waals surface area contributed by atoms with Crippen LogP contribution in [0.2, 0.25) is 0 Å². The molecule has 1 aliphatic heterocycles. The lowest BCUT2D eigenvalue weighted by atomic mass is 9.92. The average molecular weight is 576 g/mol. The van der Waals surface area contributed by atoms with Crippen molar-refractivity contribution in [1.82, 2.24) is 4.23 Å². The average Bonchev–Trinajstić information content (AvgIpc) is 3.45. The zero-order valence-corrected chi connectivity index (χ0v) is 25.2. The van der Waals surface area contributed by atoms with Gasteiger partial charge in [0, 0.05) is 21.9 Å². The van der Waals surface area contributed by atoms with Crippen LogP contribution in [0.3, 0.4) is 0 Å². The number of hydrogen-bond acceptors (Lipinski definition) is 0. The van der Waals surface area contributed by atoms with Crippen molar-refractivity contribution in [3.63, 3.8) is 0 Å². The van der Waals surface area contributed by atoms with E-state index < -0.39 is 8.24 Å². The van der Waals surface area contributed by atoms with Crippen LogP contribution in [0.25, 0.3) is 55.2 Å². The van der Waals surface area contributed by atoms with Gasteiger partial charge in [0.05, 0.1) is 5.52 Å². The zero-order chi connectivity index (χ0) is 29.1. The SMILES string of the molecule is c1ccc(-c2ccc3c4ccc(-c5ccccc5)c5c4n(c3c2)[Si](c2ccccc2)(c2ccccc2)c2ccccc2-5)cc1. The molecule has 0 saturated heterocycles. The lowest BCUT2D eigenvalue weighted by Crippen LogP contribution is -2.73. The van der Waals surface area contributed by atoms with Crippen LogP contribution in [0.5, 0.6) is 0 Å².